The molecule has 24 heavy (non-hydrogen) atoms. The fourth-order valence-corrected chi connectivity index (χ4v) is 2.62. The first-order valence-electron chi connectivity index (χ1n) is 7.77. The van der Waals surface area contributed by atoms with E-state index in [2.05, 4.69) is 5.16 Å². The fraction of sp³-hybridized carbons (Fsp3) is 0.222. The van der Waals surface area contributed by atoms with Crippen molar-refractivity contribution in [2.45, 2.75) is 25.4 Å². The summed E-state index contributed by atoms with van der Waals surface area (Å²) >= 11 is 0. The Morgan fingerprint density at radius 3 is 2.75 bits per heavy atom. The summed E-state index contributed by atoms with van der Waals surface area (Å²) in [6.07, 6.45) is 3.36. The number of rotatable bonds is 5. The molecule has 1 aromatic carbocycles. The second-order valence-corrected chi connectivity index (χ2v) is 5.81. The molecule has 1 aliphatic rings. The van der Waals surface area contributed by atoms with E-state index in [0.717, 1.165) is 12.8 Å². The molecule has 0 atom stereocenters. The fourth-order valence-electron chi connectivity index (χ4n) is 2.62. The minimum atomic E-state index is -0.313. The number of furan rings is 1. The molecule has 0 N–H and O–H groups in total. The Labute approximate surface area is 137 Å². The van der Waals surface area contributed by atoms with Crippen LogP contribution < -0.4 is 0 Å². The highest BCUT2D eigenvalue weighted by Gasteiger charge is 2.35. The van der Waals surface area contributed by atoms with Crippen LogP contribution in [0.2, 0.25) is 0 Å². The maximum absolute atomic E-state index is 13.9. The highest BCUT2D eigenvalue weighted by molar-refractivity contribution is 5.93. The van der Waals surface area contributed by atoms with Gasteiger partial charge >= 0.3 is 0 Å². The molecule has 4 rings (SSSR count). The number of halogens is 1. The second kappa shape index (κ2) is 5.96. The largest absolute Gasteiger partial charge is 0.461 e. The van der Waals surface area contributed by atoms with Gasteiger partial charge in [0.1, 0.15) is 5.82 Å². The monoisotopic (exact) mass is 326 g/mol. The van der Waals surface area contributed by atoms with E-state index in [1.807, 2.05) is 0 Å². The summed E-state index contributed by atoms with van der Waals surface area (Å²) in [5, 5.41) is 3.85. The van der Waals surface area contributed by atoms with Crippen molar-refractivity contribution in [1.82, 2.24) is 10.1 Å². The van der Waals surface area contributed by atoms with Gasteiger partial charge in [0.2, 0.25) is 5.76 Å². The lowest BCUT2D eigenvalue weighted by molar-refractivity contribution is 0.0717. The third kappa shape index (κ3) is 2.82. The maximum Gasteiger partial charge on any atom is 0.276 e. The van der Waals surface area contributed by atoms with E-state index in [9.17, 15) is 9.18 Å². The van der Waals surface area contributed by atoms with Crippen molar-refractivity contribution in [1.29, 1.82) is 0 Å². The van der Waals surface area contributed by atoms with Gasteiger partial charge in [-0.05, 0) is 31.0 Å². The Hall–Kier alpha value is -2.89. The van der Waals surface area contributed by atoms with Crippen molar-refractivity contribution in [2.24, 2.45) is 0 Å². The van der Waals surface area contributed by atoms with Gasteiger partial charge in [-0.3, -0.25) is 4.79 Å². The molecule has 5 nitrogen and oxygen atoms in total. The van der Waals surface area contributed by atoms with Crippen LogP contribution in [0.1, 0.15) is 28.9 Å². The van der Waals surface area contributed by atoms with Crippen LogP contribution in [-0.2, 0) is 6.54 Å². The standard InChI is InChI=1S/C18H15FN2O3/c19-14-5-2-1-4-12(14)11-21(13-7-8-13)18(22)15-10-17(24-20-15)16-6-3-9-23-16/h1-6,9-10,13H,7-8,11H2. The third-order valence-corrected chi connectivity index (χ3v) is 4.04. The van der Waals surface area contributed by atoms with Crippen LogP contribution in [0, 0.1) is 5.82 Å². The number of aromatic nitrogens is 1. The highest BCUT2D eigenvalue weighted by Crippen LogP contribution is 2.31. The molecular formula is C18H15FN2O3. The van der Waals surface area contributed by atoms with Gasteiger partial charge in [-0.1, -0.05) is 23.4 Å². The van der Waals surface area contributed by atoms with Crippen molar-refractivity contribution in [2.75, 3.05) is 0 Å². The first-order chi connectivity index (χ1) is 11.7. The molecule has 0 unspecified atom stereocenters. The van der Waals surface area contributed by atoms with Gasteiger partial charge in [-0.25, -0.2) is 4.39 Å². The average Bonchev–Trinajstić information content (AvgIpc) is 3.09. The number of benzene rings is 1. The summed E-state index contributed by atoms with van der Waals surface area (Å²) in [5.41, 5.74) is 0.692. The van der Waals surface area contributed by atoms with Gasteiger partial charge in [-0.2, -0.15) is 0 Å². The molecule has 0 saturated heterocycles. The average molecular weight is 326 g/mol. The maximum atomic E-state index is 13.9. The lowest BCUT2D eigenvalue weighted by Crippen LogP contribution is -2.33. The predicted molar refractivity (Wildman–Crippen MR) is 83.5 cm³/mol. The SMILES string of the molecule is O=C(c1cc(-c2ccco2)on1)N(Cc1ccccc1F)C1CC1. The summed E-state index contributed by atoms with van der Waals surface area (Å²) in [7, 11) is 0. The van der Waals surface area contributed by atoms with E-state index in [-0.39, 0.29) is 30.0 Å². The topological polar surface area (TPSA) is 59.5 Å². The molecule has 0 aliphatic heterocycles. The van der Waals surface area contributed by atoms with E-state index in [1.165, 1.54) is 12.3 Å². The zero-order chi connectivity index (χ0) is 16.5. The number of hydrogen-bond acceptors (Lipinski definition) is 4. The number of nitrogens with zero attached hydrogens (tertiary/aromatic N) is 2. The third-order valence-electron chi connectivity index (χ3n) is 4.04. The first-order valence-corrected chi connectivity index (χ1v) is 7.77. The lowest BCUT2D eigenvalue weighted by atomic mass is 10.2. The van der Waals surface area contributed by atoms with Crippen molar-refractivity contribution >= 4 is 5.91 Å². The minimum Gasteiger partial charge on any atom is -0.461 e. The van der Waals surface area contributed by atoms with Gasteiger partial charge < -0.3 is 13.8 Å². The normalized spacial score (nSPS) is 13.9. The van der Waals surface area contributed by atoms with E-state index < -0.39 is 0 Å². The Balaban J connectivity index is 1.58. The van der Waals surface area contributed by atoms with Crippen molar-refractivity contribution in [3.63, 3.8) is 0 Å². The summed E-state index contributed by atoms with van der Waals surface area (Å²) in [6.45, 7) is 0.221. The van der Waals surface area contributed by atoms with E-state index in [0.29, 0.717) is 17.1 Å². The quantitative estimate of drug-likeness (QED) is 0.714. The molecule has 1 saturated carbocycles. The van der Waals surface area contributed by atoms with Crippen molar-refractivity contribution in [3.05, 3.63) is 65.8 Å². The Morgan fingerprint density at radius 1 is 1.21 bits per heavy atom. The second-order valence-electron chi connectivity index (χ2n) is 5.81. The van der Waals surface area contributed by atoms with Crippen LogP contribution in [0.15, 0.2) is 57.7 Å². The summed E-state index contributed by atoms with van der Waals surface area (Å²) in [4.78, 5) is 14.4. The van der Waals surface area contributed by atoms with Gasteiger partial charge in [0.15, 0.2) is 11.5 Å². The summed E-state index contributed by atoms with van der Waals surface area (Å²) < 4.78 is 24.3. The van der Waals surface area contributed by atoms with Gasteiger partial charge in [0.05, 0.1) is 6.26 Å². The molecule has 6 heteroatoms. The molecule has 1 aliphatic carbocycles. The van der Waals surface area contributed by atoms with E-state index in [4.69, 9.17) is 8.94 Å². The van der Waals surface area contributed by atoms with Crippen molar-refractivity contribution < 1.29 is 18.1 Å². The Bertz CT molecular complexity index is 853. The molecule has 3 aromatic rings. The van der Waals surface area contributed by atoms with Crippen LogP contribution in [0.25, 0.3) is 11.5 Å². The van der Waals surface area contributed by atoms with Crippen LogP contribution in [0.5, 0.6) is 0 Å². The first kappa shape index (κ1) is 14.7. The molecule has 1 amide bonds. The molecule has 122 valence electrons. The number of hydrogen-bond donors (Lipinski definition) is 0. The van der Waals surface area contributed by atoms with Gasteiger partial charge in [0, 0.05) is 24.2 Å². The molecule has 2 heterocycles. The molecule has 0 bridgehead atoms. The molecule has 0 radical (unpaired) electrons. The van der Waals surface area contributed by atoms with Gasteiger partial charge in [0.25, 0.3) is 5.91 Å². The molecular weight excluding hydrogens is 311 g/mol. The zero-order valence-electron chi connectivity index (χ0n) is 12.8. The zero-order valence-corrected chi connectivity index (χ0v) is 12.8. The Kier molecular flexibility index (Phi) is 3.65. The van der Waals surface area contributed by atoms with E-state index >= 15 is 0 Å². The molecule has 2 aromatic heterocycles. The van der Waals surface area contributed by atoms with Crippen molar-refractivity contribution in [3.8, 4) is 11.5 Å². The van der Waals surface area contributed by atoms with Crippen LogP contribution in [-0.4, -0.2) is 22.0 Å². The van der Waals surface area contributed by atoms with Crippen LogP contribution >= 0.6 is 0 Å². The van der Waals surface area contributed by atoms with E-state index in [1.54, 1.807) is 41.3 Å². The summed E-state index contributed by atoms with van der Waals surface area (Å²) in [6, 6.07) is 11.6. The molecule has 0 spiro atoms. The highest BCUT2D eigenvalue weighted by atomic mass is 19.1. The van der Waals surface area contributed by atoms with Gasteiger partial charge in [-0.15, -0.1) is 0 Å². The number of amides is 1. The Morgan fingerprint density at radius 2 is 2.04 bits per heavy atom. The minimum absolute atomic E-state index is 0.126. The lowest BCUT2D eigenvalue weighted by Gasteiger charge is -2.21. The smallest absolute Gasteiger partial charge is 0.276 e. The van der Waals surface area contributed by atoms with Crippen LogP contribution in [0.4, 0.5) is 4.39 Å². The number of carbonyl (C=O) groups excluding carboxylic acids is 1. The summed E-state index contributed by atoms with van der Waals surface area (Å²) in [5.74, 6) is 0.327. The predicted octanol–water partition coefficient (Wildman–Crippen LogP) is 3.88. The molecule has 1 fully saturated rings. The number of carbonyl (C=O) groups is 1. The van der Waals surface area contributed by atoms with Crippen LogP contribution in [0.3, 0.4) is 0 Å².